The van der Waals surface area contributed by atoms with Crippen LogP contribution in [0.4, 0.5) is 0 Å². The van der Waals surface area contributed by atoms with Gasteiger partial charge in [-0.2, -0.15) is 0 Å². The topological polar surface area (TPSA) is 95.7 Å². The van der Waals surface area contributed by atoms with Gasteiger partial charge in [-0.05, 0) is 25.5 Å². The third-order valence-electron chi connectivity index (χ3n) is 6.18. The number of hydrogen-bond acceptors (Lipinski definition) is 6. The van der Waals surface area contributed by atoms with E-state index in [9.17, 15) is 14.4 Å². The minimum atomic E-state index is -0.579. The molecule has 0 aromatic heterocycles. The summed E-state index contributed by atoms with van der Waals surface area (Å²) in [4.78, 5) is 30.8. The van der Waals surface area contributed by atoms with Crippen molar-refractivity contribution in [2.75, 3.05) is 6.54 Å². The summed E-state index contributed by atoms with van der Waals surface area (Å²) in [5.41, 5.74) is 6.89. The lowest BCUT2D eigenvalue weighted by atomic mass is 10.0. The number of benzene rings is 1. The van der Waals surface area contributed by atoms with E-state index in [0.29, 0.717) is 12.2 Å². The molecule has 0 spiro atoms. The molecule has 6 nitrogen and oxygen atoms in total. The molecule has 1 heterocycles. The third kappa shape index (κ3) is 25.3. The smallest absolute Gasteiger partial charge is 0.338 e. The van der Waals surface area contributed by atoms with Crippen molar-refractivity contribution in [1.29, 1.82) is 0 Å². The molecule has 0 bridgehead atoms. The van der Waals surface area contributed by atoms with Crippen molar-refractivity contribution >= 4 is 17.9 Å². The van der Waals surface area contributed by atoms with Crippen molar-refractivity contribution in [2.24, 2.45) is 5.73 Å². The SMILES string of the molecule is C=C(C)C(=O)OCc1ccccc1.CCCCCCCCCCCCCCCCCCN.O=C1C=CC(=O)O1. The minimum Gasteiger partial charge on any atom is -0.457 e. The van der Waals surface area contributed by atoms with E-state index < -0.39 is 11.9 Å². The highest BCUT2D eigenvalue weighted by molar-refractivity contribution is 6.04. The number of rotatable bonds is 19. The van der Waals surface area contributed by atoms with E-state index in [1.54, 1.807) is 6.92 Å². The van der Waals surface area contributed by atoms with E-state index in [2.05, 4.69) is 18.2 Å². The Morgan fingerprint density at radius 1 is 0.744 bits per heavy atom. The Hall–Kier alpha value is -2.73. The molecule has 39 heavy (non-hydrogen) atoms. The Kier molecular flexibility index (Phi) is 25.0. The summed E-state index contributed by atoms with van der Waals surface area (Å²) in [5.74, 6) is -1.50. The monoisotopic (exact) mass is 543 g/mol. The molecule has 1 aliphatic rings. The van der Waals surface area contributed by atoms with Gasteiger partial charge in [-0.3, -0.25) is 0 Å². The fourth-order valence-electron chi connectivity index (χ4n) is 3.84. The summed E-state index contributed by atoms with van der Waals surface area (Å²) < 4.78 is 8.92. The van der Waals surface area contributed by atoms with E-state index in [1.807, 2.05) is 30.3 Å². The maximum Gasteiger partial charge on any atom is 0.338 e. The second kappa shape index (κ2) is 26.9. The summed E-state index contributed by atoms with van der Waals surface area (Å²) in [5, 5.41) is 0. The highest BCUT2D eigenvalue weighted by Crippen LogP contribution is 2.13. The van der Waals surface area contributed by atoms with E-state index in [1.165, 1.54) is 103 Å². The Balaban J connectivity index is 0.000000615. The second-order valence-electron chi connectivity index (χ2n) is 10.0. The zero-order chi connectivity index (χ0) is 29.0. The Bertz CT molecular complexity index is 772. The summed E-state index contributed by atoms with van der Waals surface area (Å²) >= 11 is 0. The second-order valence-corrected chi connectivity index (χ2v) is 10.0. The standard InChI is InChI=1S/C18H39N.C11H12O2.C4H2O3/c1-2-3-4-5-6-7-8-9-10-11-12-13-14-15-16-17-18-19;1-9(2)11(12)13-8-10-6-4-3-5-7-10;5-3-1-2-4(6)7-3/h2-19H2,1H3;3-7H,1,8H2,2H3;1-2H. The van der Waals surface area contributed by atoms with Crippen molar-refractivity contribution in [1.82, 2.24) is 0 Å². The zero-order valence-corrected chi connectivity index (χ0v) is 24.6. The molecule has 220 valence electrons. The van der Waals surface area contributed by atoms with Crippen LogP contribution in [0.3, 0.4) is 0 Å². The van der Waals surface area contributed by atoms with Crippen LogP contribution in [0, 0.1) is 0 Å². The van der Waals surface area contributed by atoms with Crippen LogP contribution in [-0.4, -0.2) is 24.5 Å². The molecule has 0 aliphatic carbocycles. The zero-order valence-electron chi connectivity index (χ0n) is 24.6. The van der Waals surface area contributed by atoms with Crippen LogP contribution < -0.4 is 5.73 Å². The van der Waals surface area contributed by atoms with E-state index >= 15 is 0 Å². The van der Waals surface area contributed by atoms with Gasteiger partial charge in [0.2, 0.25) is 0 Å². The molecule has 0 unspecified atom stereocenters. The maximum absolute atomic E-state index is 11.0. The quantitative estimate of drug-likeness (QED) is 0.0819. The highest BCUT2D eigenvalue weighted by atomic mass is 16.6. The molecule has 0 radical (unpaired) electrons. The Morgan fingerprint density at radius 3 is 1.49 bits per heavy atom. The predicted molar refractivity (Wildman–Crippen MR) is 160 cm³/mol. The number of cyclic esters (lactones) is 2. The van der Waals surface area contributed by atoms with E-state index in [0.717, 1.165) is 24.3 Å². The number of ether oxygens (including phenoxy) is 2. The average molecular weight is 544 g/mol. The minimum absolute atomic E-state index is 0.312. The fraction of sp³-hybridized carbons (Fsp3) is 0.606. The molecule has 0 saturated heterocycles. The first-order chi connectivity index (χ1) is 18.9. The van der Waals surface area contributed by atoms with Crippen molar-refractivity contribution < 1.29 is 23.9 Å². The predicted octanol–water partition coefficient (Wildman–Crippen LogP) is 8.14. The molecule has 1 aromatic carbocycles. The van der Waals surface area contributed by atoms with Gasteiger partial charge >= 0.3 is 17.9 Å². The van der Waals surface area contributed by atoms with Gasteiger partial charge < -0.3 is 15.2 Å². The normalized spacial score (nSPS) is 11.7. The molecule has 2 rings (SSSR count). The summed E-state index contributed by atoms with van der Waals surface area (Å²) in [7, 11) is 0. The van der Waals surface area contributed by atoms with Crippen LogP contribution in [-0.2, 0) is 30.5 Å². The van der Waals surface area contributed by atoms with Crippen LogP contribution in [0.5, 0.6) is 0 Å². The number of unbranched alkanes of at least 4 members (excludes halogenated alkanes) is 15. The van der Waals surface area contributed by atoms with Crippen LogP contribution in [0.2, 0.25) is 0 Å². The molecule has 1 aromatic rings. The van der Waals surface area contributed by atoms with Gasteiger partial charge in [0.05, 0.1) is 0 Å². The van der Waals surface area contributed by atoms with Crippen LogP contribution >= 0.6 is 0 Å². The van der Waals surface area contributed by atoms with Crippen molar-refractivity contribution in [3.63, 3.8) is 0 Å². The Labute approximate surface area is 237 Å². The van der Waals surface area contributed by atoms with Crippen LogP contribution in [0.1, 0.15) is 122 Å². The summed E-state index contributed by atoms with van der Waals surface area (Å²) in [6.45, 7) is 8.60. The van der Waals surface area contributed by atoms with Crippen molar-refractivity contribution in [3.8, 4) is 0 Å². The van der Waals surface area contributed by atoms with Gasteiger partial charge in [-0.1, -0.05) is 140 Å². The molecule has 6 heteroatoms. The van der Waals surface area contributed by atoms with Crippen molar-refractivity contribution in [3.05, 3.63) is 60.2 Å². The lowest BCUT2D eigenvalue weighted by Crippen LogP contribution is -2.04. The first kappa shape index (κ1) is 36.3. The number of carbonyl (C=O) groups is 3. The highest BCUT2D eigenvalue weighted by Gasteiger charge is 2.10. The van der Waals surface area contributed by atoms with Gasteiger partial charge in [0.1, 0.15) is 6.61 Å². The molecule has 0 fully saturated rings. The molecule has 2 N–H and O–H groups in total. The summed E-state index contributed by atoms with van der Waals surface area (Å²) in [6.07, 6.45) is 25.0. The maximum atomic E-state index is 11.0. The van der Waals surface area contributed by atoms with Gasteiger partial charge in [0.25, 0.3) is 0 Å². The van der Waals surface area contributed by atoms with Gasteiger partial charge in [-0.25, -0.2) is 14.4 Å². The first-order valence-corrected chi connectivity index (χ1v) is 14.9. The largest absolute Gasteiger partial charge is 0.457 e. The number of nitrogens with two attached hydrogens (primary N) is 1. The lowest BCUT2D eigenvalue weighted by Gasteiger charge is -2.03. The van der Waals surface area contributed by atoms with E-state index in [-0.39, 0.29) is 5.97 Å². The average Bonchev–Trinajstić information content (AvgIpc) is 3.32. The van der Waals surface area contributed by atoms with Crippen molar-refractivity contribution in [2.45, 2.75) is 123 Å². The molecule has 1 aliphatic heterocycles. The fourth-order valence-corrected chi connectivity index (χ4v) is 3.84. The Morgan fingerprint density at radius 2 is 1.15 bits per heavy atom. The summed E-state index contributed by atoms with van der Waals surface area (Å²) in [6, 6.07) is 9.55. The molecule has 0 amide bonds. The molecular formula is C33H53NO5. The number of esters is 3. The number of hydrogen-bond donors (Lipinski definition) is 1. The van der Waals surface area contributed by atoms with E-state index in [4.69, 9.17) is 10.5 Å². The van der Waals surface area contributed by atoms with Gasteiger partial charge in [0.15, 0.2) is 0 Å². The van der Waals surface area contributed by atoms with Crippen LogP contribution in [0.15, 0.2) is 54.6 Å². The first-order valence-electron chi connectivity index (χ1n) is 14.9. The molecule has 0 atom stereocenters. The number of carbonyl (C=O) groups excluding carboxylic acids is 3. The third-order valence-corrected chi connectivity index (χ3v) is 6.18. The lowest BCUT2D eigenvalue weighted by molar-refractivity contribution is -0.150. The van der Waals surface area contributed by atoms with Gasteiger partial charge in [-0.15, -0.1) is 0 Å². The van der Waals surface area contributed by atoms with Crippen LogP contribution in [0.25, 0.3) is 0 Å². The van der Waals surface area contributed by atoms with Gasteiger partial charge in [0, 0.05) is 17.7 Å². The molecule has 0 saturated carbocycles. The molecular weight excluding hydrogens is 490 g/mol.